The number of carbonyl (C=O) groups is 1. The fourth-order valence-corrected chi connectivity index (χ4v) is 5.11. The van der Waals surface area contributed by atoms with Gasteiger partial charge < -0.3 is 18.9 Å². The molecule has 1 aliphatic rings. The van der Waals surface area contributed by atoms with Crippen LogP contribution in [0.25, 0.3) is 0 Å². The van der Waals surface area contributed by atoms with Crippen molar-refractivity contribution in [2.24, 2.45) is 5.10 Å². The Kier molecular flexibility index (Phi) is 8.01. The first-order chi connectivity index (χ1) is 18.2. The van der Waals surface area contributed by atoms with E-state index in [1.54, 1.807) is 25.1 Å². The Labute approximate surface area is 219 Å². The van der Waals surface area contributed by atoms with Gasteiger partial charge in [0.2, 0.25) is 0 Å². The van der Waals surface area contributed by atoms with Crippen molar-refractivity contribution in [3.8, 4) is 23.0 Å². The van der Waals surface area contributed by atoms with Gasteiger partial charge in [-0.05, 0) is 61.5 Å². The van der Waals surface area contributed by atoms with Crippen LogP contribution in [0.2, 0.25) is 0 Å². The number of halogens is 1. The van der Waals surface area contributed by atoms with Crippen LogP contribution < -0.4 is 28.7 Å². The first-order valence-electron chi connectivity index (χ1n) is 11.5. The lowest BCUT2D eigenvalue weighted by Crippen LogP contribution is -2.39. The largest absolute Gasteiger partial charge is 0.493 e. The van der Waals surface area contributed by atoms with E-state index in [0.717, 1.165) is 16.4 Å². The molecular weight excluding hydrogens is 517 g/mol. The predicted molar refractivity (Wildman–Crippen MR) is 138 cm³/mol. The number of hydrogen-bond donors (Lipinski definition) is 1. The smallest absolute Gasteiger partial charge is 0.264 e. The van der Waals surface area contributed by atoms with Gasteiger partial charge in [0, 0.05) is 11.6 Å². The zero-order chi connectivity index (χ0) is 27.3. The first-order valence-corrected chi connectivity index (χ1v) is 12.9. The molecule has 0 atom stereocenters. The number of ether oxygens (including phenoxy) is 4. The molecule has 4 rings (SSSR count). The van der Waals surface area contributed by atoms with Crippen molar-refractivity contribution >= 4 is 27.3 Å². The molecule has 0 spiro atoms. The van der Waals surface area contributed by atoms with E-state index in [9.17, 15) is 17.6 Å². The number of hydrazone groups is 1. The van der Waals surface area contributed by atoms with Crippen LogP contribution in [0.3, 0.4) is 0 Å². The lowest BCUT2D eigenvalue weighted by Gasteiger charge is -2.25. The summed E-state index contributed by atoms with van der Waals surface area (Å²) in [6, 6.07) is 14.1. The quantitative estimate of drug-likeness (QED) is 0.325. The summed E-state index contributed by atoms with van der Waals surface area (Å²) in [4.78, 5) is 12.8. The minimum absolute atomic E-state index is 0.0945. The number of nitrogens with zero attached hydrogens (tertiary/aromatic N) is 2. The number of benzene rings is 3. The van der Waals surface area contributed by atoms with E-state index in [2.05, 4.69) is 10.5 Å². The molecule has 3 aromatic carbocycles. The second kappa shape index (κ2) is 11.4. The van der Waals surface area contributed by atoms with Gasteiger partial charge in [-0.2, -0.15) is 5.10 Å². The molecule has 1 aliphatic heterocycles. The summed E-state index contributed by atoms with van der Waals surface area (Å²) in [5, 5.41) is 4.10. The van der Waals surface area contributed by atoms with Crippen molar-refractivity contribution in [1.82, 2.24) is 5.43 Å². The third-order valence-corrected chi connectivity index (χ3v) is 7.42. The normalized spacial score (nSPS) is 13.0. The van der Waals surface area contributed by atoms with Crippen molar-refractivity contribution in [2.75, 3.05) is 38.3 Å². The van der Waals surface area contributed by atoms with Gasteiger partial charge >= 0.3 is 0 Å². The summed E-state index contributed by atoms with van der Waals surface area (Å²) >= 11 is 0. The monoisotopic (exact) mass is 543 g/mol. The molecule has 0 bridgehead atoms. The molecule has 0 aromatic heterocycles. The average Bonchev–Trinajstić information content (AvgIpc) is 2.94. The maximum atomic E-state index is 13.6. The fraction of sp³-hybridized carbons (Fsp3) is 0.231. The van der Waals surface area contributed by atoms with E-state index in [-0.39, 0.29) is 22.9 Å². The second-order valence-corrected chi connectivity index (χ2v) is 9.96. The number of rotatable bonds is 9. The Hall–Kier alpha value is -4.32. The Balaban J connectivity index is 1.59. The number of hydrogen-bond acceptors (Lipinski definition) is 8. The molecule has 1 amide bonds. The van der Waals surface area contributed by atoms with Crippen LogP contribution in [0.15, 0.2) is 70.7 Å². The summed E-state index contributed by atoms with van der Waals surface area (Å²) < 4.78 is 63.2. The molecule has 0 radical (unpaired) electrons. The van der Waals surface area contributed by atoms with E-state index in [1.807, 2.05) is 0 Å². The van der Waals surface area contributed by atoms with E-state index < -0.39 is 28.3 Å². The van der Waals surface area contributed by atoms with E-state index in [1.165, 1.54) is 44.6 Å². The van der Waals surface area contributed by atoms with E-state index >= 15 is 0 Å². The number of nitrogens with one attached hydrogen (secondary N) is 1. The number of carbonyl (C=O) groups excluding carboxylic acids is 1. The van der Waals surface area contributed by atoms with Crippen molar-refractivity contribution in [3.63, 3.8) is 0 Å². The van der Waals surface area contributed by atoms with Crippen LogP contribution in [-0.2, 0) is 14.8 Å². The highest BCUT2D eigenvalue weighted by molar-refractivity contribution is 7.92. The SMILES string of the molecule is COc1ccc(/C(C)=N\NC(=O)CN(c2ccc(F)cc2)S(=O)(=O)c2ccc3c(c2)OCCO3)cc1OC. The van der Waals surface area contributed by atoms with Crippen molar-refractivity contribution < 1.29 is 36.6 Å². The molecular formula is C26H26FN3O7S. The molecule has 10 nitrogen and oxygen atoms in total. The molecule has 38 heavy (non-hydrogen) atoms. The summed E-state index contributed by atoms with van der Waals surface area (Å²) in [6.07, 6.45) is 0. The van der Waals surface area contributed by atoms with Gasteiger partial charge in [0.05, 0.1) is 30.5 Å². The fourth-order valence-electron chi connectivity index (χ4n) is 3.67. The van der Waals surface area contributed by atoms with Crippen LogP contribution in [0.5, 0.6) is 23.0 Å². The summed E-state index contributed by atoms with van der Waals surface area (Å²) in [5.74, 6) is 0.448. The highest BCUT2D eigenvalue weighted by Gasteiger charge is 2.29. The molecule has 0 saturated carbocycles. The van der Waals surface area contributed by atoms with Gasteiger partial charge in [-0.1, -0.05) is 0 Å². The average molecular weight is 544 g/mol. The van der Waals surface area contributed by atoms with E-state index in [0.29, 0.717) is 35.1 Å². The summed E-state index contributed by atoms with van der Waals surface area (Å²) in [7, 11) is -1.25. The van der Waals surface area contributed by atoms with Gasteiger partial charge in [0.25, 0.3) is 15.9 Å². The summed E-state index contributed by atoms with van der Waals surface area (Å²) in [5.41, 5.74) is 3.58. The zero-order valence-corrected chi connectivity index (χ0v) is 21.7. The number of fused-ring (bicyclic) bond motifs is 1. The Morgan fingerprint density at radius 2 is 1.66 bits per heavy atom. The van der Waals surface area contributed by atoms with Gasteiger partial charge in [0.1, 0.15) is 25.6 Å². The molecule has 1 heterocycles. The maximum absolute atomic E-state index is 13.6. The van der Waals surface area contributed by atoms with Crippen LogP contribution >= 0.6 is 0 Å². The van der Waals surface area contributed by atoms with Crippen LogP contribution in [-0.4, -0.2) is 54.0 Å². The zero-order valence-electron chi connectivity index (χ0n) is 20.9. The highest BCUT2D eigenvalue weighted by atomic mass is 32.2. The van der Waals surface area contributed by atoms with Crippen molar-refractivity contribution in [2.45, 2.75) is 11.8 Å². The summed E-state index contributed by atoms with van der Waals surface area (Å²) in [6.45, 7) is 1.68. The van der Waals surface area contributed by atoms with Gasteiger partial charge in [0.15, 0.2) is 23.0 Å². The van der Waals surface area contributed by atoms with Crippen molar-refractivity contribution in [1.29, 1.82) is 0 Å². The molecule has 0 saturated heterocycles. The highest BCUT2D eigenvalue weighted by Crippen LogP contribution is 2.34. The van der Waals surface area contributed by atoms with Gasteiger partial charge in [-0.3, -0.25) is 9.10 Å². The van der Waals surface area contributed by atoms with Gasteiger partial charge in [-0.15, -0.1) is 0 Å². The van der Waals surface area contributed by atoms with Crippen LogP contribution in [0.4, 0.5) is 10.1 Å². The van der Waals surface area contributed by atoms with Crippen molar-refractivity contribution in [3.05, 3.63) is 72.0 Å². The van der Waals surface area contributed by atoms with Crippen LogP contribution in [0.1, 0.15) is 12.5 Å². The molecule has 0 aliphatic carbocycles. The number of amides is 1. The molecule has 0 unspecified atom stereocenters. The van der Waals surface area contributed by atoms with Crippen LogP contribution in [0, 0.1) is 5.82 Å². The Bertz CT molecular complexity index is 1460. The Morgan fingerprint density at radius 3 is 2.34 bits per heavy atom. The molecule has 1 N–H and O–H groups in total. The topological polar surface area (TPSA) is 116 Å². The minimum atomic E-state index is -4.27. The number of methoxy groups -OCH3 is 2. The third kappa shape index (κ3) is 5.80. The maximum Gasteiger partial charge on any atom is 0.264 e. The molecule has 12 heteroatoms. The number of sulfonamides is 1. The minimum Gasteiger partial charge on any atom is -0.493 e. The lowest BCUT2D eigenvalue weighted by atomic mass is 10.1. The number of anilines is 1. The third-order valence-electron chi connectivity index (χ3n) is 5.65. The lowest BCUT2D eigenvalue weighted by molar-refractivity contribution is -0.119. The molecule has 0 fully saturated rings. The van der Waals surface area contributed by atoms with Gasteiger partial charge in [-0.25, -0.2) is 18.2 Å². The molecule has 200 valence electrons. The van der Waals surface area contributed by atoms with E-state index in [4.69, 9.17) is 18.9 Å². The second-order valence-electron chi connectivity index (χ2n) is 8.10. The molecule has 3 aromatic rings. The first kappa shape index (κ1) is 26.7. The standard InChI is InChI=1S/C26H26FN3O7S/c1-17(18-4-10-22(34-2)24(14-18)35-3)28-29-26(31)16-30(20-7-5-19(27)6-8-20)38(32,33)21-9-11-23-25(15-21)37-13-12-36-23/h4-11,14-15H,12-13,16H2,1-3H3,(H,29,31)/b28-17-. The Morgan fingerprint density at radius 1 is 0.974 bits per heavy atom. The predicted octanol–water partition coefficient (Wildman–Crippen LogP) is 3.35.